The van der Waals surface area contributed by atoms with E-state index in [4.69, 9.17) is 11.6 Å². The quantitative estimate of drug-likeness (QED) is 0.928. The van der Waals surface area contributed by atoms with Gasteiger partial charge in [0.1, 0.15) is 0 Å². The molecule has 0 heterocycles. The molecule has 0 bridgehead atoms. The van der Waals surface area contributed by atoms with Gasteiger partial charge in [-0.05, 0) is 51.2 Å². The van der Waals surface area contributed by atoms with Crippen molar-refractivity contribution in [3.05, 3.63) is 29.3 Å². The van der Waals surface area contributed by atoms with Crippen molar-refractivity contribution >= 4 is 21.6 Å². The number of nitrogens with one attached hydrogen (secondary N) is 1. The van der Waals surface area contributed by atoms with Gasteiger partial charge in [0.05, 0.1) is 4.90 Å². The van der Waals surface area contributed by atoms with Gasteiger partial charge in [0.15, 0.2) is 0 Å². The first kappa shape index (κ1) is 15.8. The van der Waals surface area contributed by atoms with Crippen LogP contribution in [0.5, 0.6) is 0 Å². The molecule has 112 valence electrons. The van der Waals surface area contributed by atoms with Crippen LogP contribution < -0.4 is 4.72 Å². The fourth-order valence-electron chi connectivity index (χ4n) is 2.75. The number of rotatable bonds is 4. The van der Waals surface area contributed by atoms with Crippen molar-refractivity contribution in [1.82, 2.24) is 9.62 Å². The molecule has 0 aromatic heterocycles. The minimum atomic E-state index is -3.48. The summed E-state index contributed by atoms with van der Waals surface area (Å²) >= 11 is 5.80. The standard InChI is InChI=1S/C14H21ClN2O2S/c1-17(2)14-6-4-3-5-13(14)16-20(18,19)12-9-7-11(15)8-10-12/h7-10,13-14,16H,3-6H2,1-2H3/t13-,14-/m0/s1. The average Bonchev–Trinajstić information content (AvgIpc) is 2.39. The van der Waals surface area contributed by atoms with Crippen LogP contribution in [0.3, 0.4) is 0 Å². The van der Waals surface area contributed by atoms with E-state index in [-0.39, 0.29) is 17.0 Å². The Bertz CT molecular complexity index is 543. The number of nitrogens with zero attached hydrogens (tertiary/aromatic N) is 1. The van der Waals surface area contributed by atoms with Crippen LogP contribution in [-0.4, -0.2) is 39.5 Å². The summed E-state index contributed by atoms with van der Waals surface area (Å²) in [5.74, 6) is 0. The van der Waals surface area contributed by atoms with Gasteiger partial charge >= 0.3 is 0 Å². The summed E-state index contributed by atoms with van der Waals surface area (Å²) in [7, 11) is 0.521. The zero-order chi connectivity index (χ0) is 14.8. The van der Waals surface area contributed by atoms with Gasteiger partial charge in [-0.2, -0.15) is 0 Å². The predicted octanol–water partition coefficient (Wildman–Crippen LogP) is 2.49. The first-order valence-electron chi connectivity index (χ1n) is 6.84. The molecule has 0 radical (unpaired) electrons. The second-order valence-corrected chi connectivity index (χ2v) is 7.65. The first-order valence-corrected chi connectivity index (χ1v) is 8.70. The molecule has 1 aliphatic rings. The van der Waals surface area contributed by atoms with E-state index in [0.29, 0.717) is 5.02 Å². The molecule has 0 unspecified atom stereocenters. The van der Waals surface area contributed by atoms with Crippen LogP contribution >= 0.6 is 11.6 Å². The van der Waals surface area contributed by atoms with E-state index >= 15 is 0 Å². The van der Waals surface area contributed by atoms with E-state index in [1.807, 2.05) is 14.1 Å². The van der Waals surface area contributed by atoms with Gasteiger partial charge in [-0.25, -0.2) is 13.1 Å². The number of hydrogen-bond acceptors (Lipinski definition) is 3. The molecule has 1 saturated carbocycles. The molecule has 20 heavy (non-hydrogen) atoms. The summed E-state index contributed by atoms with van der Waals surface area (Å²) in [6.07, 6.45) is 4.14. The van der Waals surface area contributed by atoms with Crippen LogP contribution in [0.4, 0.5) is 0 Å². The van der Waals surface area contributed by atoms with E-state index in [9.17, 15) is 8.42 Å². The van der Waals surface area contributed by atoms with Crippen LogP contribution in [0.25, 0.3) is 0 Å². The van der Waals surface area contributed by atoms with Gasteiger partial charge in [0.25, 0.3) is 0 Å². The number of likely N-dealkylation sites (N-methyl/N-ethyl adjacent to an activating group) is 1. The molecular weight excluding hydrogens is 296 g/mol. The Kier molecular flexibility index (Phi) is 5.07. The largest absolute Gasteiger partial charge is 0.305 e. The molecule has 6 heteroatoms. The lowest BCUT2D eigenvalue weighted by atomic mass is 9.90. The maximum Gasteiger partial charge on any atom is 0.240 e. The molecule has 4 nitrogen and oxygen atoms in total. The number of sulfonamides is 1. The van der Waals surface area contributed by atoms with Crippen LogP contribution in [0.1, 0.15) is 25.7 Å². The van der Waals surface area contributed by atoms with Crippen molar-refractivity contribution in [2.24, 2.45) is 0 Å². The van der Waals surface area contributed by atoms with Gasteiger partial charge in [-0.1, -0.05) is 24.4 Å². The smallest absolute Gasteiger partial charge is 0.240 e. The molecule has 1 fully saturated rings. The van der Waals surface area contributed by atoms with Crippen molar-refractivity contribution in [3.8, 4) is 0 Å². The SMILES string of the molecule is CN(C)[C@H]1CCCC[C@@H]1NS(=O)(=O)c1ccc(Cl)cc1. The van der Waals surface area contributed by atoms with Crippen molar-refractivity contribution in [3.63, 3.8) is 0 Å². The van der Waals surface area contributed by atoms with Crippen molar-refractivity contribution < 1.29 is 8.42 Å². The monoisotopic (exact) mass is 316 g/mol. The fraction of sp³-hybridized carbons (Fsp3) is 0.571. The minimum absolute atomic E-state index is 0.0283. The van der Waals surface area contributed by atoms with E-state index in [0.717, 1.165) is 25.7 Å². The predicted molar refractivity (Wildman–Crippen MR) is 81.5 cm³/mol. The van der Waals surface area contributed by atoms with Crippen LogP contribution in [-0.2, 0) is 10.0 Å². The molecule has 1 aromatic rings. The lowest BCUT2D eigenvalue weighted by molar-refractivity contribution is 0.191. The highest BCUT2D eigenvalue weighted by molar-refractivity contribution is 7.89. The Hall–Kier alpha value is -0.620. The topological polar surface area (TPSA) is 49.4 Å². The third-order valence-corrected chi connectivity index (χ3v) is 5.58. The van der Waals surface area contributed by atoms with Crippen LogP contribution in [0.2, 0.25) is 5.02 Å². The van der Waals surface area contributed by atoms with E-state index in [1.165, 1.54) is 12.1 Å². The number of benzene rings is 1. The Morgan fingerprint density at radius 3 is 2.35 bits per heavy atom. The van der Waals surface area contributed by atoms with Gasteiger partial charge in [0, 0.05) is 17.1 Å². The highest BCUT2D eigenvalue weighted by Gasteiger charge is 2.30. The van der Waals surface area contributed by atoms with Crippen molar-refractivity contribution in [1.29, 1.82) is 0 Å². The second-order valence-electron chi connectivity index (χ2n) is 5.50. The van der Waals surface area contributed by atoms with Crippen molar-refractivity contribution in [2.75, 3.05) is 14.1 Å². The Labute approximate surface area is 126 Å². The summed E-state index contributed by atoms with van der Waals surface area (Å²) in [5, 5.41) is 0.535. The molecule has 1 aromatic carbocycles. The summed E-state index contributed by atoms with van der Waals surface area (Å²) in [5.41, 5.74) is 0. The summed E-state index contributed by atoms with van der Waals surface area (Å²) in [4.78, 5) is 2.37. The number of hydrogen-bond donors (Lipinski definition) is 1. The van der Waals surface area contributed by atoms with Gasteiger partial charge in [-0.3, -0.25) is 0 Å². The third kappa shape index (κ3) is 3.73. The van der Waals surface area contributed by atoms with E-state index in [2.05, 4.69) is 9.62 Å². The summed E-state index contributed by atoms with van der Waals surface area (Å²) in [6.45, 7) is 0. The van der Waals surface area contributed by atoms with E-state index in [1.54, 1.807) is 12.1 Å². The Morgan fingerprint density at radius 1 is 1.15 bits per heavy atom. The molecular formula is C14H21ClN2O2S. The molecule has 0 aliphatic heterocycles. The normalized spacial score (nSPS) is 24.0. The Balaban J connectivity index is 2.16. The van der Waals surface area contributed by atoms with Gasteiger partial charge in [0.2, 0.25) is 10.0 Å². The van der Waals surface area contributed by atoms with Crippen LogP contribution in [0, 0.1) is 0 Å². The lowest BCUT2D eigenvalue weighted by Crippen LogP contribution is -2.50. The zero-order valence-electron chi connectivity index (χ0n) is 11.8. The summed E-state index contributed by atoms with van der Waals surface area (Å²) in [6, 6.07) is 6.50. The molecule has 1 aliphatic carbocycles. The van der Waals surface area contributed by atoms with Gasteiger partial charge < -0.3 is 4.90 Å². The highest BCUT2D eigenvalue weighted by atomic mass is 35.5. The lowest BCUT2D eigenvalue weighted by Gasteiger charge is -2.36. The number of halogens is 1. The molecule has 0 amide bonds. The third-order valence-electron chi connectivity index (χ3n) is 3.82. The second kappa shape index (κ2) is 6.43. The zero-order valence-corrected chi connectivity index (χ0v) is 13.4. The molecule has 2 rings (SSSR count). The molecule has 0 saturated heterocycles. The molecule has 1 N–H and O–H groups in total. The maximum absolute atomic E-state index is 12.4. The highest BCUT2D eigenvalue weighted by Crippen LogP contribution is 2.23. The van der Waals surface area contributed by atoms with Crippen molar-refractivity contribution in [2.45, 2.75) is 42.7 Å². The maximum atomic E-state index is 12.4. The fourth-order valence-corrected chi connectivity index (χ4v) is 4.18. The minimum Gasteiger partial charge on any atom is -0.305 e. The van der Waals surface area contributed by atoms with Gasteiger partial charge in [-0.15, -0.1) is 0 Å². The average molecular weight is 317 g/mol. The Morgan fingerprint density at radius 2 is 1.75 bits per heavy atom. The molecule has 2 atom stereocenters. The molecule has 0 spiro atoms. The first-order chi connectivity index (χ1) is 9.40. The van der Waals surface area contributed by atoms with E-state index < -0.39 is 10.0 Å². The summed E-state index contributed by atoms with van der Waals surface area (Å²) < 4.78 is 27.7. The van der Waals surface area contributed by atoms with Crippen LogP contribution in [0.15, 0.2) is 29.2 Å².